The van der Waals surface area contributed by atoms with Crippen molar-refractivity contribution in [2.45, 2.75) is 58.0 Å². The number of nitrogens with zero attached hydrogens (tertiary/aromatic N) is 2. The zero-order valence-electron chi connectivity index (χ0n) is 12.7. The van der Waals surface area contributed by atoms with Gasteiger partial charge in [-0.1, -0.05) is 44.2 Å². The van der Waals surface area contributed by atoms with Gasteiger partial charge in [-0.3, -0.25) is 0 Å². The third-order valence-corrected chi connectivity index (χ3v) is 4.44. The molecule has 0 bridgehead atoms. The van der Waals surface area contributed by atoms with Crippen LogP contribution in [0.5, 0.6) is 0 Å². The summed E-state index contributed by atoms with van der Waals surface area (Å²) in [5.74, 6) is 0.929. The maximum absolute atomic E-state index is 6.43. The Kier molecular flexibility index (Phi) is 6.11. The van der Waals surface area contributed by atoms with Gasteiger partial charge in [-0.05, 0) is 31.0 Å². The van der Waals surface area contributed by atoms with Gasteiger partial charge in [0.05, 0.1) is 5.02 Å². The maximum atomic E-state index is 6.43. The molecule has 4 heteroatoms. The largest absolute Gasteiger partial charge is 0.355 e. The van der Waals surface area contributed by atoms with E-state index in [-0.39, 0.29) is 0 Å². The highest BCUT2D eigenvalue weighted by atomic mass is 35.5. The second-order valence-electron chi connectivity index (χ2n) is 5.69. The molecule has 1 aliphatic rings. The van der Waals surface area contributed by atoms with Crippen molar-refractivity contribution in [2.24, 2.45) is 0 Å². The zero-order chi connectivity index (χ0) is 14.4. The van der Waals surface area contributed by atoms with E-state index in [1.807, 2.05) is 12.3 Å². The lowest BCUT2D eigenvalue weighted by atomic mass is 10.1. The van der Waals surface area contributed by atoms with Crippen molar-refractivity contribution in [2.75, 3.05) is 18.5 Å². The Morgan fingerprint density at radius 1 is 1.30 bits per heavy atom. The first kappa shape index (κ1) is 15.6. The van der Waals surface area contributed by atoms with Gasteiger partial charge in [0.25, 0.3) is 0 Å². The van der Waals surface area contributed by atoms with E-state index in [1.165, 1.54) is 38.5 Å². The molecular weight excluding hydrogens is 270 g/mol. The topological polar surface area (TPSA) is 28.2 Å². The fraction of sp³-hybridized carbons (Fsp3) is 0.688. The lowest BCUT2D eigenvalue weighted by molar-refractivity contribution is 0.549. The molecule has 0 unspecified atom stereocenters. The molecule has 0 amide bonds. The summed E-state index contributed by atoms with van der Waals surface area (Å²) in [6, 6.07) is 2.63. The Labute approximate surface area is 127 Å². The predicted molar refractivity (Wildman–Crippen MR) is 86.5 cm³/mol. The fourth-order valence-electron chi connectivity index (χ4n) is 2.91. The van der Waals surface area contributed by atoms with Gasteiger partial charge in [0.15, 0.2) is 0 Å². The lowest BCUT2D eigenvalue weighted by Gasteiger charge is -2.29. The number of anilines is 1. The number of hydrogen-bond donors (Lipinski definition) is 1. The van der Waals surface area contributed by atoms with E-state index in [0.29, 0.717) is 6.04 Å². The van der Waals surface area contributed by atoms with E-state index in [0.717, 1.165) is 29.5 Å². The summed E-state index contributed by atoms with van der Waals surface area (Å²) in [6.45, 7) is 3.89. The molecular formula is C16H26ClN3. The van der Waals surface area contributed by atoms with Crippen LogP contribution in [-0.4, -0.2) is 24.6 Å². The molecule has 1 aromatic rings. The third-order valence-electron chi connectivity index (χ3n) is 4.16. The fourth-order valence-corrected chi connectivity index (χ4v) is 3.24. The maximum Gasteiger partial charge on any atom is 0.147 e. The molecule has 1 N–H and O–H groups in total. The molecule has 0 aliphatic heterocycles. The number of halogens is 1. The summed E-state index contributed by atoms with van der Waals surface area (Å²) in [5.41, 5.74) is 1.15. The van der Waals surface area contributed by atoms with Crippen LogP contribution in [0.1, 0.15) is 51.0 Å². The Morgan fingerprint density at radius 3 is 2.60 bits per heavy atom. The van der Waals surface area contributed by atoms with Crippen LogP contribution in [0.4, 0.5) is 5.82 Å². The van der Waals surface area contributed by atoms with E-state index >= 15 is 0 Å². The SMILES string of the molecule is CCNCc1cnc(N(C)C2CCCCCC2)c(Cl)c1. The van der Waals surface area contributed by atoms with E-state index in [4.69, 9.17) is 11.6 Å². The van der Waals surface area contributed by atoms with Crippen LogP contribution in [0.3, 0.4) is 0 Å². The number of hydrogen-bond acceptors (Lipinski definition) is 3. The molecule has 0 spiro atoms. The van der Waals surface area contributed by atoms with Crippen molar-refractivity contribution in [3.8, 4) is 0 Å². The minimum atomic E-state index is 0.585. The zero-order valence-corrected chi connectivity index (χ0v) is 13.4. The van der Waals surface area contributed by atoms with Gasteiger partial charge < -0.3 is 10.2 Å². The molecule has 20 heavy (non-hydrogen) atoms. The van der Waals surface area contributed by atoms with Gasteiger partial charge >= 0.3 is 0 Å². The normalized spacial score (nSPS) is 16.9. The summed E-state index contributed by atoms with van der Waals surface area (Å²) in [7, 11) is 2.13. The van der Waals surface area contributed by atoms with Gasteiger partial charge in [-0.15, -0.1) is 0 Å². The number of pyridine rings is 1. The second kappa shape index (κ2) is 7.84. The van der Waals surface area contributed by atoms with Crippen molar-refractivity contribution >= 4 is 17.4 Å². The Balaban J connectivity index is 2.06. The predicted octanol–water partition coefficient (Wildman–Crippen LogP) is 4.00. The standard InChI is InChI=1S/C16H26ClN3/c1-3-18-11-13-10-15(17)16(19-12-13)20(2)14-8-6-4-5-7-9-14/h10,12,14,18H,3-9,11H2,1-2H3. The molecule has 1 aliphatic carbocycles. The summed E-state index contributed by atoms with van der Waals surface area (Å²) in [6.07, 6.45) is 9.84. The van der Waals surface area contributed by atoms with Crippen molar-refractivity contribution in [3.63, 3.8) is 0 Å². The summed E-state index contributed by atoms with van der Waals surface area (Å²) in [5, 5.41) is 4.07. The summed E-state index contributed by atoms with van der Waals surface area (Å²) >= 11 is 6.43. The number of rotatable bonds is 5. The monoisotopic (exact) mass is 295 g/mol. The van der Waals surface area contributed by atoms with Crippen LogP contribution in [0.15, 0.2) is 12.3 Å². The van der Waals surface area contributed by atoms with Crippen molar-refractivity contribution < 1.29 is 0 Å². The first-order valence-corrected chi connectivity index (χ1v) is 8.18. The molecule has 2 rings (SSSR count). The van der Waals surface area contributed by atoms with Gasteiger partial charge in [-0.2, -0.15) is 0 Å². The molecule has 1 aromatic heterocycles. The number of nitrogens with one attached hydrogen (secondary N) is 1. The quantitative estimate of drug-likeness (QED) is 0.832. The molecule has 1 heterocycles. The highest BCUT2D eigenvalue weighted by molar-refractivity contribution is 6.33. The van der Waals surface area contributed by atoms with Crippen LogP contribution >= 0.6 is 11.6 Å². The van der Waals surface area contributed by atoms with Crippen LogP contribution in [0.25, 0.3) is 0 Å². The van der Waals surface area contributed by atoms with Gasteiger partial charge in [0, 0.05) is 25.8 Å². The third kappa shape index (κ3) is 4.10. The van der Waals surface area contributed by atoms with Gasteiger partial charge in [-0.25, -0.2) is 4.98 Å². The molecule has 0 atom stereocenters. The molecule has 1 fully saturated rings. The number of aromatic nitrogens is 1. The Hall–Kier alpha value is -0.800. The van der Waals surface area contributed by atoms with Gasteiger partial charge in [0.2, 0.25) is 0 Å². The molecule has 3 nitrogen and oxygen atoms in total. The minimum Gasteiger partial charge on any atom is -0.355 e. The summed E-state index contributed by atoms with van der Waals surface area (Å²) in [4.78, 5) is 6.87. The average molecular weight is 296 g/mol. The van der Waals surface area contributed by atoms with E-state index < -0.39 is 0 Å². The van der Waals surface area contributed by atoms with Gasteiger partial charge in [0.1, 0.15) is 5.82 Å². The first-order valence-electron chi connectivity index (χ1n) is 7.80. The molecule has 0 radical (unpaired) electrons. The first-order chi connectivity index (χ1) is 9.72. The highest BCUT2D eigenvalue weighted by Gasteiger charge is 2.20. The van der Waals surface area contributed by atoms with E-state index in [2.05, 4.69) is 29.2 Å². The van der Waals surface area contributed by atoms with Crippen LogP contribution < -0.4 is 10.2 Å². The van der Waals surface area contributed by atoms with Crippen LogP contribution in [0, 0.1) is 0 Å². The van der Waals surface area contributed by atoms with Crippen molar-refractivity contribution in [1.29, 1.82) is 0 Å². The van der Waals surface area contributed by atoms with Crippen LogP contribution in [0.2, 0.25) is 5.02 Å². The summed E-state index contributed by atoms with van der Waals surface area (Å²) < 4.78 is 0. The van der Waals surface area contributed by atoms with E-state index in [9.17, 15) is 0 Å². The molecule has 112 valence electrons. The second-order valence-corrected chi connectivity index (χ2v) is 6.09. The van der Waals surface area contributed by atoms with Crippen LogP contribution in [-0.2, 0) is 6.54 Å². The van der Waals surface area contributed by atoms with Crippen molar-refractivity contribution in [3.05, 3.63) is 22.8 Å². The Bertz CT molecular complexity index is 414. The minimum absolute atomic E-state index is 0.585. The molecule has 0 saturated heterocycles. The lowest BCUT2D eigenvalue weighted by Crippen LogP contribution is -2.32. The molecule has 0 aromatic carbocycles. The molecule has 1 saturated carbocycles. The van der Waals surface area contributed by atoms with E-state index in [1.54, 1.807) is 0 Å². The van der Waals surface area contributed by atoms with Crippen molar-refractivity contribution in [1.82, 2.24) is 10.3 Å². The highest BCUT2D eigenvalue weighted by Crippen LogP contribution is 2.29. The smallest absolute Gasteiger partial charge is 0.147 e. The average Bonchev–Trinajstić information content (AvgIpc) is 2.73. The Morgan fingerprint density at radius 2 is 2.00 bits per heavy atom.